The number of nitrogens with two attached hydrogens (primary N) is 1. The first-order valence-corrected chi connectivity index (χ1v) is 5.78. The van der Waals surface area contributed by atoms with Crippen LogP contribution in [0.4, 0.5) is 5.69 Å². The average Bonchev–Trinajstić information content (AvgIpc) is 2.36. The second-order valence-corrected chi connectivity index (χ2v) is 4.16. The molecule has 0 aliphatic heterocycles. The van der Waals surface area contributed by atoms with Crippen LogP contribution in [0.25, 0.3) is 0 Å². The molecule has 0 radical (unpaired) electrons. The minimum Gasteiger partial charge on any atom is -0.484 e. The van der Waals surface area contributed by atoms with Gasteiger partial charge in [0.2, 0.25) is 5.91 Å². The van der Waals surface area contributed by atoms with Crippen molar-refractivity contribution in [2.24, 2.45) is 5.73 Å². The molecular weight excluding hydrogens is 268 g/mol. The lowest BCUT2D eigenvalue weighted by molar-refractivity contribution is -0.386. The molecule has 1 rings (SSSR count). The summed E-state index contributed by atoms with van der Waals surface area (Å²) in [6.45, 7) is 1.61. The first-order chi connectivity index (χ1) is 9.31. The number of nitro benzene ring substituents is 1. The first kappa shape index (κ1) is 15.4. The van der Waals surface area contributed by atoms with Crippen LogP contribution in [0.15, 0.2) is 18.2 Å². The van der Waals surface area contributed by atoms with Gasteiger partial charge in [-0.05, 0) is 25.5 Å². The van der Waals surface area contributed by atoms with Crippen LogP contribution in [0.5, 0.6) is 5.75 Å². The zero-order chi connectivity index (χ0) is 15.3. The lowest BCUT2D eigenvalue weighted by Crippen LogP contribution is -2.15. The van der Waals surface area contributed by atoms with E-state index in [0.29, 0.717) is 0 Å². The number of carbonyl (C=O) groups is 2. The van der Waals surface area contributed by atoms with E-state index in [4.69, 9.17) is 15.6 Å². The molecule has 8 nitrogen and oxygen atoms in total. The lowest BCUT2D eigenvalue weighted by atomic mass is 10.1. The van der Waals surface area contributed by atoms with Crippen molar-refractivity contribution in [3.05, 3.63) is 33.9 Å². The molecule has 0 aliphatic carbocycles. The summed E-state index contributed by atoms with van der Waals surface area (Å²) in [7, 11) is 0. The standard InChI is InChI=1S/C12H14N2O6/c1-7(2-5-11(15)16)20-10-4-3-8(12(13)17)6-9(10)14(18)19/h3-4,6-7H,2,5H2,1H3,(H2,13,17)(H,15,16). The summed E-state index contributed by atoms with van der Waals surface area (Å²) in [4.78, 5) is 31.7. The van der Waals surface area contributed by atoms with Crippen LogP contribution in [0.1, 0.15) is 30.1 Å². The smallest absolute Gasteiger partial charge is 0.311 e. The normalized spacial score (nSPS) is 11.7. The molecule has 0 bridgehead atoms. The highest BCUT2D eigenvalue weighted by molar-refractivity contribution is 5.93. The number of ether oxygens (including phenoxy) is 1. The van der Waals surface area contributed by atoms with Gasteiger partial charge in [-0.3, -0.25) is 19.7 Å². The maximum atomic E-state index is 11.0. The minimum atomic E-state index is -0.973. The Morgan fingerprint density at radius 2 is 2.15 bits per heavy atom. The predicted molar refractivity (Wildman–Crippen MR) is 68.6 cm³/mol. The number of amides is 1. The molecule has 3 N–H and O–H groups in total. The van der Waals surface area contributed by atoms with Gasteiger partial charge in [0.1, 0.15) is 0 Å². The molecule has 0 aromatic heterocycles. The van der Waals surface area contributed by atoms with Crippen LogP contribution in [-0.4, -0.2) is 28.0 Å². The van der Waals surface area contributed by atoms with Gasteiger partial charge in [0.05, 0.1) is 11.0 Å². The minimum absolute atomic E-state index is 0.00207. The molecular formula is C12H14N2O6. The molecule has 0 spiro atoms. The number of carboxylic acid groups (broad SMARTS) is 1. The van der Waals surface area contributed by atoms with E-state index in [9.17, 15) is 19.7 Å². The van der Waals surface area contributed by atoms with Crippen molar-refractivity contribution < 1.29 is 24.4 Å². The Labute approximate surface area is 114 Å². The second-order valence-electron chi connectivity index (χ2n) is 4.16. The Bertz CT molecular complexity index is 543. The summed E-state index contributed by atoms with van der Waals surface area (Å²) in [6, 6.07) is 3.62. The molecule has 20 heavy (non-hydrogen) atoms. The molecule has 0 heterocycles. The van der Waals surface area contributed by atoms with E-state index in [-0.39, 0.29) is 29.8 Å². The Hall–Kier alpha value is -2.64. The van der Waals surface area contributed by atoms with Crippen molar-refractivity contribution in [2.75, 3.05) is 0 Å². The fourth-order valence-corrected chi connectivity index (χ4v) is 1.52. The largest absolute Gasteiger partial charge is 0.484 e. The summed E-state index contributed by atoms with van der Waals surface area (Å²) in [5.74, 6) is -1.78. The van der Waals surface area contributed by atoms with Crippen LogP contribution in [0, 0.1) is 10.1 Å². The van der Waals surface area contributed by atoms with Gasteiger partial charge in [-0.15, -0.1) is 0 Å². The molecule has 1 aromatic rings. The number of carbonyl (C=O) groups excluding carboxylic acids is 1. The third-order valence-corrected chi connectivity index (χ3v) is 2.53. The van der Waals surface area contributed by atoms with Gasteiger partial charge in [0.15, 0.2) is 5.75 Å². The van der Waals surface area contributed by atoms with Crippen LogP contribution in [0.3, 0.4) is 0 Å². The van der Waals surface area contributed by atoms with E-state index >= 15 is 0 Å². The van der Waals surface area contributed by atoms with Gasteiger partial charge in [-0.25, -0.2) is 0 Å². The zero-order valence-electron chi connectivity index (χ0n) is 10.7. The van der Waals surface area contributed by atoms with E-state index in [1.165, 1.54) is 12.1 Å². The number of aliphatic carboxylic acids is 1. The fourth-order valence-electron chi connectivity index (χ4n) is 1.52. The van der Waals surface area contributed by atoms with Crippen molar-refractivity contribution >= 4 is 17.6 Å². The third-order valence-electron chi connectivity index (χ3n) is 2.53. The number of hydrogen-bond acceptors (Lipinski definition) is 5. The molecule has 0 aliphatic rings. The molecule has 1 unspecified atom stereocenters. The summed E-state index contributed by atoms with van der Waals surface area (Å²) >= 11 is 0. The number of primary amides is 1. The molecule has 1 atom stereocenters. The van der Waals surface area contributed by atoms with Crippen molar-refractivity contribution in [3.8, 4) is 5.75 Å². The monoisotopic (exact) mass is 282 g/mol. The van der Waals surface area contributed by atoms with Gasteiger partial charge < -0.3 is 15.6 Å². The van der Waals surface area contributed by atoms with E-state index in [0.717, 1.165) is 6.07 Å². The maximum Gasteiger partial charge on any atom is 0.311 e. The highest BCUT2D eigenvalue weighted by Crippen LogP contribution is 2.29. The number of rotatable bonds is 7. The van der Waals surface area contributed by atoms with E-state index in [2.05, 4.69) is 0 Å². The van der Waals surface area contributed by atoms with Crippen LogP contribution < -0.4 is 10.5 Å². The van der Waals surface area contributed by atoms with Crippen LogP contribution >= 0.6 is 0 Å². The molecule has 108 valence electrons. The van der Waals surface area contributed by atoms with Crippen molar-refractivity contribution in [1.82, 2.24) is 0 Å². The highest BCUT2D eigenvalue weighted by Gasteiger charge is 2.19. The molecule has 1 amide bonds. The summed E-state index contributed by atoms with van der Waals surface area (Å²) in [5, 5.41) is 19.5. The third kappa shape index (κ3) is 4.23. The Morgan fingerprint density at radius 3 is 2.65 bits per heavy atom. The number of carboxylic acids is 1. The van der Waals surface area contributed by atoms with Gasteiger partial charge in [0, 0.05) is 18.1 Å². The summed E-state index contributed by atoms with van der Waals surface area (Å²) < 4.78 is 5.33. The van der Waals surface area contributed by atoms with Crippen molar-refractivity contribution in [3.63, 3.8) is 0 Å². The van der Waals surface area contributed by atoms with Gasteiger partial charge in [-0.2, -0.15) is 0 Å². The highest BCUT2D eigenvalue weighted by atomic mass is 16.6. The van der Waals surface area contributed by atoms with Gasteiger partial charge in [-0.1, -0.05) is 0 Å². The molecule has 0 saturated heterocycles. The van der Waals surface area contributed by atoms with E-state index in [1.54, 1.807) is 6.92 Å². The average molecular weight is 282 g/mol. The quantitative estimate of drug-likeness (QED) is 0.572. The van der Waals surface area contributed by atoms with Crippen molar-refractivity contribution in [1.29, 1.82) is 0 Å². The van der Waals surface area contributed by atoms with Crippen molar-refractivity contribution in [2.45, 2.75) is 25.9 Å². The number of nitrogens with zero attached hydrogens (tertiary/aromatic N) is 1. The van der Waals surface area contributed by atoms with Crippen LogP contribution in [0.2, 0.25) is 0 Å². The predicted octanol–water partition coefficient (Wildman–Crippen LogP) is 1.33. The second kappa shape index (κ2) is 6.50. The summed E-state index contributed by atoms with van der Waals surface area (Å²) in [6.07, 6.45) is -0.400. The van der Waals surface area contributed by atoms with Gasteiger partial charge >= 0.3 is 11.7 Å². The maximum absolute atomic E-state index is 11.0. The van der Waals surface area contributed by atoms with E-state index < -0.39 is 22.9 Å². The lowest BCUT2D eigenvalue weighted by Gasteiger charge is -2.14. The number of hydrogen-bond donors (Lipinski definition) is 2. The molecule has 1 aromatic carbocycles. The number of nitro groups is 1. The molecule has 0 fully saturated rings. The Morgan fingerprint density at radius 1 is 1.50 bits per heavy atom. The Balaban J connectivity index is 2.91. The first-order valence-electron chi connectivity index (χ1n) is 5.78. The summed E-state index contributed by atoms with van der Waals surface area (Å²) in [5.41, 5.74) is 4.66. The fraction of sp³-hybridized carbons (Fsp3) is 0.333. The molecule has 8 heteroatoms. The zero-order valence-corrected chi connectivity index (χ0v) is 10.7. The van der Waals surface area contributed by atoms with Crippen LogP contribution in [-0.2, 0) is 4.79 Å². The van der Waals surface area contributed by atoms with Gasteiger partial charge in [0.25, 0.3) is 0 Å². The van der Waals surface area contributed by atoms with E-state index in [1.807, 2.05) is 0 Å². The topological polar surface area (TPSA) is 133 Å². The Kier molecular flexibility index (Phi) is 5.01. The number of benzene rings is 1. The SMILES string of the molecule is CC(CCC(=O)O)Oc1ccc(C(N)=O)cc1[N+](=O)[O-]. The molecule has 0 saturated carbocycles.